The van der Waals surface area contributed by atoms with E-state index in [0.29, 0.717) is 10.8 Å². The fourth-order valence-electron chi connectivity index (χ4n) is 3.53. The molecular formula is C18H29BrS. The third-order valence-electron chi connectivity index (χ3n) is 5.17. The van der Waals surface area contributed by atoms with E-state index in [1.807, 2.05) is 11.3 Å². The molecule has 1 fully saturated rings. The van der Waals surface area contributed by atoms with Crippen LogP contribution in [0.3, 0.4) is 0 Å². The third-order valence-corrected chi connectivity index (χ3v) is 7.59. The zero-order chi connectivity index (χ0) is 14.8. The maximum absolute atomic E-state index is 3.82. The Bertz CT molecular complexity index is 419. The van der Waals surface area contributed by atoms with Crippen LogP contribution in [0.1, 0.15) is 63.1 Å². The van der Waals surface area contributed by atoms with E-state index in [2.05, 4.69) is 55.8 Å². The molecule has 114 valence electrons. The van der Waals surface area contributed by atoms with E-state index in [1.165, 1.54) is 43.4 Å². The van der Waals surface area contributed by atoms with Crippen molar-refractivity contribution in [1.82, 2.24) is 0 Å². The summed E-state index contributed by atoms with van der Waals surface area (Å²) < 4.78 is 0. The lowest BCUT2D eigenvalue weighted by Crippen LogP contribution is -2.35. The highest BCUT2D eigenvalue weighted by Gasteiger charge is 2.38. The number of aryl methyl sites for hydroxylation is 1. The summed E-state index contributed by atoms with van der Waals surface area (Å²) in [7, 11) is 0. The monoisotopic (exact) mass is 356 g/mol. The van der Waals surface area contributed by atoms with Crippen molar-refractivity contribution in [2.45, 2.75) is 66.2 Å². The summed E-state index contributed by atoms with van der Waals surface area (Å²) in [6.45, 7) is 9.48. The molecular weight excluding hydrogens is 328 g/mol. The smallest absolute Gasteiger partial charge is 0.00914 e. The Labute approximate surface area is 137 Å². The highest BCUT2D eigenvalue weighted by molar-refractivity contribution is 9.09. The molecule has 0 nitrogen and oxygen atoms in total. The Morgan fingerprint density at radius 2 is 1.80 bits per heavy atom. The van der Waals surface area contributed by atoms with Crippen LogP contribution in [-0.4, -0.2) is 5.33 Å². The molecule has 1 aromatic rings. The van der Waals surface area contributed by atoms with Gasteiger partial charge in [-0.05, 0) is 67.4 Å². The summed E-state index contributed by atoms with van der Waals surface area (Å²) in [4.78, 5) is 3.13. The summed E-state index contributed by atoms with van der Waals surface area (Å²) in [5.74, 6) is 0.907. The van der Waals surface area contributed by atoms with E-state index in [4.69, 9.17) is 0 Å². The predicted octanol–water partition coefficient (Wildman–Crippen LogP) is 6.47. The number of rotatable bonds is 4. The first kappa shape index (κ1) is 16.5. The Balaban J connectivity index is 2.01. The van der Waals surface area contributed by atoms with E-state index in [9.17, 15) is 0 Å². The summed E-state index contributed by atoms with van der Waals surface area (Å²) in [5.41, 5.74) is 0.994. The number of hydrogen-bond acceptors (Lipinski definition) is 1. The molecule has 1 saturated carbocycles. The molecule has 1 aromatic heterocycles. The second-order valence-corrected chi connectivity index (χ2v) is 9.49. The van der Waals surface area contributed by atoms with Gasteiger partial charge in [0.25, 0.3) is 0 Å². The number of alkyl halides is 1. The van der Waals surface area contributed by atoms with Gasteiger partial charge < -0.3 is 0 Å². The van der Waals surface area contributed by atoms with E-state index in [-0.39, 0.29) is 0 Å². The molecule has 1 heterocycles. The molecule has 0 radical (unpaired) electrons. The van der Waals surface area contributed by atoms with Crippen LogP contribution >= 0.6 is 27.3 Å². The van der Waals surface area contributed by atoms with Crippen molar-refractivity contribution >= 4 is 27.3 Å². The van der Waals surface area contributed by atoms with E-state index in [1.54, 1.807) is 4.88 Å². The molecule has 0 saturated heterocycles. The number of halogens is 1. The lowest BCUT2D eigenvalue weighted by Gasteiger charge is -2.43. The van der Waals surface area contributed by atoms with Crippen molar-refractivity contribution in [2.75, 3.05) is 5.33 Å². The average molecular weight is 357 g/mol. The molecule has 0 N–H and O–H groups in total. The minimum absolute atomic E-state index is 0.483. The van der Waals surface area contributed by atoms with Gasteiger partial charge in [0.05, 0.1) is 0 Å². The Kier molecular flexibility index (Phi) is 5.40. The normalized spacial score (nSPS) is 27.8. The van der Waals surface area contributed by atoms with Gasteiger partial charge in [0.1, 0.15) is 0 Å². The Morgan fingerprint density at radius 1 is 1.20 bits per heavy atom. The maximum Gasteiger partial charge on any atom is 0.00914 e. The standard InChI is InChI=1S/C18H29BrS/c1-5-15-6-7-16(20-15)12-18(13-19)10-8-14(9-11-18)17(2,3)4/h6-7,14H,5,8-13H2,1-4H3. The fourth-order valence-corrected chi connectivity index (χ4v) is 5.42. The molecule has 0 unspecified atom stereocenters. The largest absolute Gasteiger partial charge is 0.145 e. The first-order valence-corrected chi connectivity index (χ1v) is 9.96. The van der Waals surface area contributed by atoms with Gasteiger partial charge in [-0.3, -0.25) is 0 Å². The van der Waals surface area contributed by atoms with Crippen LogP contribution in [0.5, 0.6) is 0 Å². The molecule has 0 spiro atoms. The second-order valence-electron chi connectivity index (χ2n) is 7.67. The van der Waals surface area contributed by atoms with Crippen molar-refractivity contribution < 1.29 is 0 Å². The highest BCUT2D eigenvalue weighted by atomic mass is 79.9. The maximum atomic E-state index is 3.82. The van der Waals surface area contributed by atoms with Crippen LogP contribution in [0.4, 0.5) is 0 Å². The lowest BCUT2D eigenvalue weighted by molar-refractivity contribution is 0.104. The molecule has 0 aliphatic heterocycles. The zero-order valence-corrected chi connectivity index (χ0v) is 15.9. The van der Waals surface area contributed by atoms with Crippen LogP contribution in [0.15, 0.2) is 12.1 Å². The van der Waals surface area contributed by atoms with E-state index in [0.717, 1.165) is 11.2 Å². The van der Waals surface area contributed by atoms with Crippen LogP contribution in [0, 0.1) is 16.7 Å². The molecule has 1 aliphatic rings. The molecule has 20 heavy (non-hydrogen) atoms. The molecule has 2 rings (SSSR count). The van der Waals surface area contributed by atoms with Crippen molar-refractivity contribution in [1.29, 1.82) is 0 Å². The first-order valence-electron chi connectivity index (χ1n) is 8.02. The van der Waals surface area contributed by atoms with Gasteiger partial charge in [0.2, 0.25) is 0 Å². The predicted molar refractivity (Wildman–Crippen MR) is 95.0 cm³/mol. The van der Waals surface area contributed by atoms with Crippen molar-refractivity contribution in [3.05, 3.63) is 21.9 Å². The van der Waals surface area contributed by atoms with Gasteiger partial charge in [0, 0.05) is 15.1 Å². The van der Waals surface area contributed by atoms with Gasteiger partial charge in [-0.2, -0.15) is 0 Å². The molecule has 0 atom stereocenters. The second kappa shape index (κ2) is 6.52. The summed E-state index contributed by atoms with van der Waals surface area (Å²) in [6.07, 6.45) is 8.04. The van der Waals surface area contributed by atoms with Crippen LogP contribution in [0.2, 0.25) is 0 Å². The van der Waals surface area contributed by atoms with Crippen LogP contribution in [-0.2, 0) is 12.8 Å². The minimum Gasteiger partial charge on any atom is -0.145 e. The van der Waals surface area contributed by atoms with E-state index < -0.39 is 0 Å². The van der Waals surface area contributed by atoms with Crippen molar-refractivity contribution in [3.63, 3.8) is 0 Å². The van der Waals surface area contributed by atoms with E-state index >= 15 is 0 Å². The Morgan fingerprint density at radius 3 is 2.25 bits per heavy atom. The average Bonchev–Trinajstić information content (AvgIpc) is 2.85. The van der Waals surface area contributed by atoms with Crippen molar-refractivity contribution in [2.24, 2.45) is 16.7 Å². The quantitative estimate of drug-likeness (QED) is 0.542. The summed E-state index contributed by atoms with van der Waals surface area (Å²) in [5, 5.41) is 1.16. The van der Waals surface area contributed by atoms with Gasteiger partial charge >= 0.3 is 0 Å². The SMILES string of the molecule is CCc1ccc(CC2(CBr)CCC(C(C)(C)C)CC2)s1. The van der Waals surface area contributed by atoms with Gasteiger partial charge in [0.15, 0.2) is 0 Å². The molecule has 0 aromatic carbocycles. The molecule has 1 aliphatic carbocycles. The van der Waals surface area contributed by atoms with Crippen molar-refractivity contribution in [3.8, 4) is 0 Å². The van der Waals surface area contributed by atoms with Crippen LogP contribution < -0.4 is 0 Å². The molecule has 0 bridgehead atoms. The highest BCUT2D eigenvalue weighted by Crippen LogP contribution is 2.48. The molecule has 2 heteroatoms. The number of hydrogen-bond donors (Lipinski definition) is 0. The van der Waals surface area contributed by atoms with Gasteiger partial charge in [-0.1, -0.05) is 43.6 Å². The summed E-state index contributed by atoms with van der Waals surface area (Å²) in [6, 6.07) is 4.69. The topological polar surface area (TPSA) is 0 Å². The van der Waals surface area contributed by atoms with Crippen LogP contribution in [0.25, 0.3) is 0 Å². The lowest BCUT2D eigenvalue weighted by atomic mass is 9.63. The Hall–Kier alpha value is 0.180. The zero-order valence-electron chi connectivity index (χ0n) is 13.5. The summed E-state index contributed by atoms with van der Waals surface area (Å²) >= 11 is 5.85. The van der Waals surface area contributed by atoms with Gasteiger partial charge in [-0.25, -0.2) is 0 Å². The number of thiophene rings is 1. The molecule has 0 amide bonds. The third kappa shape index (κ3) is 3.88. The van der Waals surface area contributed by atoms with Gasteiger partial charge in [-0.15, -0.1) is 11.3 Å². The first-order chi connectivity index (χ1) is 9.38. The fraction of sp³-hybridized carbons (Fsp3) is 0.778. The minimum atomic E-state index is 0.483.